The summed E-state index contributed by atoms with van der Waals surface area (Å²) < 4.78 is 10.7. The molecule has 0 unspecified atom stereocenters. The Labute approximate surface area is 118 Å². The maximum absolute atomic E-state index is 5.65. The zero-order chi connectivity index (χ0) is 13.8. The number of anilines is 1. The van der Waals surface area contributed by atoms with Crippen LogP contribution < -0.4 is 20.1 Å². The van der Waals surface area contributed by atoms with E-state index in [0.717, 1.165) is 43.4 Å². The first-order valence-corrected chi connectivity index (χ1v) is 6.58. The van der Waals surface area contributed by atoms with E-state index in [-0.39, 0.29) is 0 Å². The highest BCUT2D eigenvalue weighted by Crippen LogP contribution is 2.32. The Kier molecular flexibility index (Phi) is 4.31. The average Bonchev–Trinajstić information content (AvgIpc) is 2.46. The van der Waals surface area contributed by atoms with Gasteiger partial charge in [-0.25, -0.2) is 0 Å². The maximum Gasteiger partial charge on any atom is 0.166 e. The number of piperazine rings is 1. The molecule has 1 heterocycles. The largest absolute Gasteiger partial charge is 0.497 e. The van der Waals surface area contributed by atoms with Gasteiger partial charge >= 0.3 is 0 Å². The van der Waals surface area contributed by atoms with Gasteiger partial charge in [0, 0.05) is 32.2 Å². The van der Waals surface area contributed by atoms with E-state index in [1.54, 1.807) is 14.2 Å². The van der Waals surface area contributed by atoms with Gasteiger partial charge in [-0.05, 0) is 24.4 Å². The summed E-state index contributed by atoms with van der Waals surface area (Å²) in [5.74, 6) is 1.68. The highest BCUT2D eigenvalue weighted by molar-refractivity contribution is 7.80. The number of rotatable bonds is 3. The Morgan fingerprint density at radius 2 is 1.84 bits per heavy atom. The first kappa shape index (κ1) is 13.7. The molecule has 1 aromatic rings. The van der Waals surface area contributed by atoms with Crippen molar-refractivity contribution in [3.05, 3.63) is 18.2 Å². The molecule has 0 saturated carbocycles. The number of ether oxygens (including phenoxy) is 2. The van der Waals surface area contributed by atoms with Crippen molar-refractivity contribution in [1.29, 1.82) is 0 Å². The van der Waals surface area contributed by atoms with Crippen LogP contribution in [0.2, 0.25) is 0 Å². The van der Waals surface area contributed by atoms with Crippen LogP contribution >= 0.6 is 12.2 Å². The summed E-state index contributed by atoms with van der Waals surface area (Å²) in [4.78, 5) is 4.27. The number of benzene rings is 1. The fraction of sp³-hybridized carbons (Fsp3) is 0.462. The molecule has 104 valence electrons. The molecule has 19 heavy (non-hydrogen) atoms. The van der Waals surface area contributed by atoms with Crippen molar-refractivity contribution in [2.75, 3.05) is 45.3 Å². The van der Waals surface area contributed by atoms with Crippen molar-refractivity contribution in [2.24, 2.45) is 5.73 Å². The summed E-state index contributed by atoms with van der Waals surface area (Å²) in [5, 5.41) is 0.470. The number of nitrogens with two attached hydrogens (primary N) is 1. The molecule has 1 aliphatic rings. The predicted octanol–water partition coefficient (Wildman–Crippen LogP) is 1.07. The third kappa shape index (κ3) is 3.01. The minimum Gasteiger partial charge on any atom is -0.497 e. The van der Waals surface area contributed by atoms with Gasteiger partial charge in [0.05, 0.1) is 19.9 Å². The van der Waals surface area contributed by atoms with E-state index in [4.69, 9.17) is 27.4 Å². The van der Waals surface area contributed by atoms with Crippen LogP contribution in [0.1, 0.15) is 0 Å². The molecule has 0 amide bonds. The Morgan fingerprint density at radius 1 is 1.16 bits per heavy atom. The van der Waals surface area contributed by atoms with Crippen LogP contribution in [0.25, 0.3) is 0 Å². The van der Waals surface area contributed by atoms with Crippen LogP contribution in [0.4, 0.5) is 5.69 Å². The lowest BCUT2D eigenvalue weighted by Crippen LogP contribution is -2.50. The Bertz CT molecular complexity index is 459. The molecular weight excluding hydrogens is 262 g/mol. The van der Waals surface area contributed by atoms with Crippen molar-refractivity contribution >= 4 is 23.0 Å². The van der Waals surface area contributed by atoms with Crippen LogP contribution in [0.3, 0.4) is 0 Å². The second-order valence-electron chi connectivity index (χ2n) is 4.35. The smallest absolute Gasteiger partial charge is 0.166 e. The van der Waals surface area contributed by atoms with Gasteiger partial charge in [0.15, 0.2) is 5.11 Å². The minimum atomic E-state index is 0.470. The molecule has 6 heteroatoms. The number of nitrogens with zero attached hydrogens (tertiary/aromatic N) is 2. The monoisotopic (exact) mass is 281 g/mol. The first-order valence-electron chi connectivity index (χ1n) is 6.17. The predicted molar refractivity (Wildman–Crippen MR) is 80.1 cm³/mol. The van der Waals surface area contributed by atoms with Gasteiger partial charge in [-0.3, -0.25) is 0 Å². The van der Waals surface area contributed by atoms with Crippen molar-refractivity contribution in [3.63, 3.8) is 0 Å². The van der Waals surface area contributed by atoms with E-state index in [9.17, 15) is 0 Å². The zero-order valence-electron chi connectivity index (χ0n) is 11.3. The van der Waals surface area contributed by atoms with Gasteiger partial charge in [0.1, 0.15) is 11.5 Å². The fourth-order valence-corrected chi connectivity index (χ4v) is 2.39. The molecule has 0 spiro atoms. The molecule has 1 fully saturated rings. The van der Waals surface area contributed by atoms with E-state index >= 15 is 0 Å². The van der Waals surface area contributed by atoms with Crippen LogP contribution in [0.15, 0.2) is 18.2 Å². The van der Waals surface area contributed by atoms with Gasteiger partial charge in [-0.15, -0.1) is 0 Å². The molecular formula is C13H19N3O2S. The highest BCUT2D eigenvalue weighted by Gasteiger charge is 2.20. The molecule has 2 rings (SSSR count). The molecule has 1 aromatic carbocycles. The Morgan fingerprint density at radius 3 is 2.37 bits per heavy atom. The SMILES string of the molecule is COc1ccc(OC)c(N2CCN(C(N)=S)CC2)c1. The summed E-state index contributed by atoms with van der Waals surface area (Å²) in [7, 11) is 3.34. The van der Waals surface area contributed by atoms with Crippen molar-refractivity contribution in [2.45, 2.75) is 0 Å². The third-order valence-electron chi connectivity index (χ3n) is 3.32. The molecule has 1 aliphatic heterocycles. The van der Waals surface area contributed by atoms with Crippen LogP contribution in [0, 0.1) is 0 Å². The van der Waals surface area contributed by atoms with Crippen LogP contribution in [-0.2, 0) is 0 Å². The van der Waals surface area contributed by atoms with E-state index in [2.05, 4.69) is 4.90 Å². The second-order valence-corrected chi connectivity index (χ2v) is 4.77. The molecule has 2 N–H and O–H groups in total. The Hall–Kier alpha value is -1.69. The van der Waals surface area contributed by atoms with Crippen molar-refractivity contribution in [3.8, 4) is 11.5 Å². The second kappa shape index (κ2) is 5.97. The standard InChI is InChI=1S/C13H19N3O2S/c1-17-10-3-4-12(18-2)11(9-10)15-5-7-16(8-6-15)13(14)19/h3-4,9H,5-8H2,1-2H3,(H2,14,19). The molecule has 1 saturated heterocycles. The molecule has 5 nitrogen and oxygen atoms in total. The average molecular weight is 281 g/mol. The fourth-order valence-electron chi connectivity index (χ4n) is 2.21. The van der Waals surface area contributed by atoms with Crippen molar-refractivity contribution in [1.82, 2.24) is 4.90 Å². The van der Waals surface area contributed by atoms with E-state index in [1.165, 1.54) is 0 Å². The summed E-state index contributed by atoms with van der Waals surface area (Å²) in [5.41, 5.74) is 6.69. The highest BCUT2D eigenvalue weighted by atomic mass is 32.1. The summed E-state index contributed by atoms with van der Waals surface area (Å²) >= 11 is 5.00. The lowest BCUT2D eigenvalue weighted by molar-refractivity contribution is 0.377. The summed E-state index contributed by atoms with van der Waals surface area (Å²) in [6.07, 6.45) is 0. The van der Waals surface area contributed by atoms with Gasteiger partial charge in [-0.2, -0.15) is 0 Å². The van der Waals surface area contributed by atoms with Crippen LogP contribution in [-0.4, -0.2) is 50.4 Å². The molecule has 0 aliphatic carbocycles. The number of hydrogen-bond acceptors (Lipinski definition) is 4. The number of thiocarbonyl (C=S) groups is 1. The van der Waals surface area contributed by atoms with Gasteiger partial charge < -0.3 is 25.0 Å². The van der Waals surface area contributed by atoms with Gasteiger partial charge in [-0.1, -0.05) is 0 Å². The molecule has 0 radical (unpaired) electrons. The maximum atomic E-state index is 5.65. The van der Waals surface area contributed by atoms with Gasteiger partial charge in [0.25, 0.3) is 0 Å². The van der Waals surface area contributed by atoms with E-state index in [0.29, 0.717) is 5.11 Å². The lowest BCUT2D eigenvalue weighted by Gasteiger charge is -2.36. The van der Waals surface area contributed by atoms with E-state index < -0.39 is 0 Å². The summed E-state index contributed by atoms with van der Waals surface area (Å²) in [6.45, 7) is 3.38. The quantitative estimate of drug-likeness (QED) is 0.837. The lowest BCUT2D eigenvalue weighted by atomic mass is 10.2. The zero-order valence-corrected chi connectivity index (χ0v) is 12.1. The summed E-state index contributed by atoms with van der Waals surface area (Å²) in [6, 6.07) is 5.82. The minimum absolute atomic E-state index is 0.470. The third-order valence-corrected chi connectivity index (χ3v) is 3.58. The van der Waals surface area contributed by atoms with Gasteiger partial charge in [0.2, 0.25) is 0 Å². The van der Waals surface area contributed by atoms with Crippen LogP contribution in [0.5, 0.6) is 11.5 Å². The topological polar surface area (TPSA) is 51.0 Å². The number of methoxy groups -OCH3 is 2. The van der Waals surface area contributed by atoms with Crippen molar-refractivity contribution < 1.29 is 9.47 Å². The first-order chi connectivity index (χ1) is 9.15. The molecule has 0 atom stereocenters. The Balaban J connectivity index is 2.16. The molecule has 0 bridgehead atoms. The molecule has 0 aromatic heterocycles. The normalized spacial score (nSPS) is 15.3. The van der Waals surface area contributed by atoms with E-state index in [1.807, 2.05) is 23.1 Å². The number of hydrogen-bond donors (Lipinski definition) is 1.